The van der Waals surface area contributed by atoms with Crippen LogP contribution in [-0.4, -0.2) is 16.3 Å². The van der Waals surface area contributed by atoms with Gasteiger partial charge in [0.25, 0.3) is 0 Å². The summed E-state index contributed by atoms with van der Waals surface area (Å²) in [5.74, 6) is 0. The summed E-state index contributed by atoms with van der Waals surface area (Å²) < 4.78 is 3.29. The number of rotatable bonds is 2. The highest BCUT2D eigenvalue weighted by molar-refractivity contribution is 9.10. The minimum absolute atomic E-state index is 0.413. The number of hydrogen-bond donors (Lipinski definition) is 1. The zero-order chi connectivity index (χ0) is 13.4. The van der Waals surface area contributed by atoms with Crippen molar-refractivity contribution < 1.29 is 0 Å². The fourth-order valence-electron chi connectivity index (χ4n) is 2.64. The van der Waals surface area contributed by atoms with Crippen molar-refractivity contribution in [2.75, 3.05) is 6.54 Å². The first-order chi connectivity index (χ1) is 9.16. The van der Waals surface area contributed by atoms with E-state index in [0.717, 1.165) is 29.7 Å². The molecule has 0 fully saturated rings. The smallest absolute Gasteiger partial charge is 0.0971 e. The molecule has 1 aromatic carbocycles. The normalized spacial score (nSPS) is 14.7. The lowest BCUT2D eigenvalue weighted by Crippen LogP contribution is -2.25. The Bertz CT molecular complexity index is 584. The number of aromatic nitrogens is 2. The van der Waals surface area contributed by atoms with Crippen LogP contribution in [-0.2, 0) is 13.0 Å². The molecular formula is C15H18BrN3. The first kappa shape index (κ1) is 12.9. The topological polar surface area (TPSA) is 29.9 Å². The van der Waals surface area contributed by atoms with Crippen LogP contribution in [0.5, 0.6) is 0 Å². The van der Waals surface area contributed by atoms with E-state index in [9.17, 15) is 0 Å². The molecule has 0 aliphatic carbocycles. The van der Waals surface area contributed by atoms with Crippen LogP contribution < -0.4 is 5.32 Å². The number of fused-ring (bicyclic) bond motifs is 1. The first-order valence-electron chi connectivity index (χ1n) is 6.73. The van der Waals surface area contributed by atoms with Crippen LogP contribution in [0.1, 0.15) is 31.1 Å². The fraction of sp³-hybridized carbons (Fsp3) is 0.400. The largest absolute Gasteiger partial charge is 0.312 e. The standard InChI is InChI=1S/C15H18BrN3/c1-10(2)19-14-7-8-17-9-13(14)15(18-19)11-3-5-12(16)6-4-11/h3-6,10,17H,7-9H2,1-2H3. The average Bonchev–Trinajstić information content (AvgIpc) is 2.79. The highest BCUT2D eigenvalue weighted by atomic mass is 79.9. The van der Waals surface area contributed by atoms with Gasteiger partial charge in [-0.25, -0.2) is 0 Å². The highest BCUT2D eigenvalue weighted by Crippen LogP contribution is 2.30. The molecule has 1 N–H and O–H groups in total. The maximum absolute atomic E-state index is 4.85. The molecule has 0 atom stereocenters. The van der Waals surface area contributed by atoms with Crippen molar-refractivity contribution in [3.05, 3.63) is 40.0 Å². The molecule has 0 saturated carbocycles. The van der Waals surface area contributed by atoms with Crippen LogP contribution in [0.25, 0.3) is 11.3 Å². The fourth-order valence-corrected chi connectivity index (χ4v) is 2.91. The van der Waals surface area contributed by atoms with Gasteiger partial charge in [-0.05, 0) is 26.0 Å². The van der Waals surface area contributed by atoms with Gasteiger partial charge in [-0.1, -0.05) is 28.1 Å². The Morgan fingerprint density at radius 1 is 1.26 bits per heavy atom. The Hall–Kier alpha value is -1.13. The van der Waals surface area contributed by atoms with Gasteiger partial charge in [-0.2, -0.15) is 5.10 Å². The molecule has 2 aromatic rings. The Kier molecular flexibility index (Phi) is 3.46. The van der Waals surface area contributed by atoms with E-state index in [0.29, 0.717) is 6.04 Å². The van der Waals surface area contributed by atoms with Gasteiger partial charge in [0.15, 0.2) is 0 Å². The second-order valence-corrected chi connectivity index (χ2v) is 6.16. The van der Waals surface area contributed by atoms with Crippen molar-refractivity contribution >= 4 is 15.9 Å². The monoisotopic (exact) mass is 319 g/mol. The maximum atomic E-state index is 4.85. The zero-order valence-corrected chi connectivity index (χ0v) is 12.9. The Morgan fingerprint density at radius 2 is 2.00 bits per heavy atom. The first-order valence-corrected chi connectivity index (χ1v) is 7.53. The van der Waals surface area contributed by atoms with Crippen molar-refractivity contribution in [1.29, 1.82) is 0 Å². The molecule has 0 saturated heterocycles. The Labute approximate surface area is 122 Å². The minimum Gasteiger partial charge on any atom is -0.312 e. The quantitative estimate of drug-likeness (QED) is 0.917. The van der Waals surface area contributed by atoms with Crippen molar-refractivity contribution in [3.8, 4) is 11.3 Å². The van der Waals surface area contributed by atoms with Crippen molar-refractivity contribution in [1.82, 2.24) is 15.1 Å². The Morgan fingerprint density at radius 3 is 2.68 bits per heavy atom. The molecule has 0 bridgehead atoms. The van der Waals surface area contributed by atoms with Gasteiger partial charge in [0, 0.05) is 46.8 Å². The molecule has 19 heavy (non-hydrogen) atoms. The predicted molar refractivity (Wildman–Crippen MR) is 81.2 cm³/mol. The summed E-state index contributed by atoms with van der Waals surface area (Å²) in [6.07, 6.45) is 1.07. The summed E-state index contributed by atoms with van der Waals surface area (Å²) in [7, 11) is 0. The van der Waals surface area contributed by atoms with Gasteiger partial charge in [0.05, 0.1) is 5.69 Å². The third-order valence-corrected chi connectivity index (χ3v) is 4.09. The van der Waals surface area contributed by atoms with Gasteiger partial charge >= 0.3 is 0 Å². The molecule has 100 valence electrons. The molecule has 3 nitrogen and oxygen atoms in total. The molecule has 0 radical (unpaired) electrons. The number of nitrogens with zero attached hydrogens (tertiary/aromatic N) is 2. The molecule has 2 heterocycles. The molecule has 0 spiro atoms. The van der Waals surface area contributed by atoms with Crippen LogP contribution in [0.4, 0.5) is 0 Å². The zero-order valence-electron chi connectivity index (χ0n) is 11.3. The number of hydrogen-bond acceptors (Lipinski definition) is 2. The summed E-state index contributed by atoms with van der Waals surface area (Å²) in [5.41, 5.74) is 5.08. The summed E-state index contributed by atoms with van der Waals surface area (Å²) in [4.78, 5) is 0. The third-order valence-electron chi connectivity index (χ3n) is 3.57. The van der Waals surface area contributed by atoms with E-state index in [1.165, 1.54) is 16.8 Å². The minimum atomic E-state index is 0.413. The van der Waals surface area contributed by atoms with E-state index in [1.54, 1.807) is 0 Å². The molecule has 4 heteroatoms. The summed E-state index contributed by atoms with van der Waals surface area (Å²) in [5, 5.41) is 8.30. The molecule has 1 aliphatic heterocycles. The van der Waals surface area contributed by atoms with E-state index in [2.05, 4.69) is 64.0 Å². The SMILES string of the molecule is CC(C)n1nc(-c2ccc(Br)cc2)c2c1CCNC2. The van der Waals surface area contributed by atoms with Gasteiger partial charge in [-0.15, -0.1) is 0 Å². The van der Waals surface area contributed by atoms with E-state index >= 15 is 0 Å². The molecule has 1 aromatic heterocycles. The Balaban J connectivity index is 2.13. The van der Waals surface area contributed by atoms with E-state index in [1.807, 2.05) is 0 Å². The lowest BCUT2D eigenvalue weighted by Gasteiger charge is -2.17. The second-order valence-electron chi connectivity index (χ2n) is 5.25. The molecular weight excluding hydrogens is 302 g/mol. The van der Waals surface area contributed by atoms with E-state index < -0.39 is 0 Å². The highest BCUT2D eigenvalue weighted by Gasteiger charge is 2.22. The predicted octanol–water partition coefficient (Wildman–Crippen LogP) is 3.54. The van der Waals surface area contributed by atoms with Crippen LogP contribution >= 0.6 is 15.9 Å². The molecule has 0 amide bonds. The maximum Gasteiger partial charge on any atom is 0.0971 e. The lowest BCUT2D eigenvalue weighted by molar-refractivity contribution is 0.494. The van der Waals surface area contributed by atoms with Crippen LogP contribution in [0, 0.1) is 0 Å². The van der Waals surface area contributed by atoms with Gasteiger partial charge in [0.2, 0.25) is 0 Å². The number of halogens is 1. The van der Waals surface area contributed by atoms with Gasteiger partial charge < -0.3 is 5.32 Å². The molecule has 0 unspecified atom stereocenters. The van der Waals surface area contributed by atoms with Gasteiger partial charge in [-0.3, -0.25) is 4.68 Å². The van der Waals surface area contributed by atoms with Crippen LogP contribution in [0.15, 0.2) is 28.7 Å². The van der Waals surface area contributed by atoms with Crippen molar-refractivity contribution in [3.63, 3.8) is 0 Å². The summed E-state index contributed by atoms with van der Waals surface area (Å²) in [6, 6.07) is 8.83. The van der Waals surface area contributed by atoms with Crippen LogP contribution in [0.2, 0.25) is 0 Å². The number of nitrogens with one attached hydrogen (secondary N) is 1. The average molecular weight is 320 g/mol. The van der Waals surface area contributed by atoms with Gasteiger partial charge in [0.1, 0.15) is 0 Å². The van der Waals surface area contributed by atoms with Crippen LogP contribution in [0.3, 0.4) is 0 Å². The lowest BCUT2D eigenvalue weighted by atomic mass is 10.0. The summed E-state index contributed by atoms with van der Waals surface area (Å²) >= 11 is 3.48. The summed E-state index contributed by atoms with van der Waals surface area (Å²) in [6.45, 7) is 6.36. The third kappa shape index (κ3) is 2.35. The van der Waals surface area contributed by atoms with Crippen molar-refractivity contribution in [2.45, 2.75) is 32.9 Å². The molecule has 1 aliphatic rings. The van der Waals surface area contributed by atoms with E-state index in [4.69, 9.17) is 5.10 Å². The second kappa shape index (κ2) is 5.10. The molecule has 3 rings (SSSR count). The number of benzene rings is 1. The van der Waals surface area contributed by atoms with E-state index in [-0.39, 0.29) is 0 Å². The van der Waals surface area contributed by atoms with Crippen molar-refractivity contribution in [2.24, 2.45) is 0 Å².